The number of nitrogens with zero attached hydrogens (tertiary/aromatic N) is 6. The molecule has 0 bridgehead atoms. The molecule has 3 rings (SSSR count). The number of fused-ring (bicyclic) bond motifs is 1. The van der Waals surface area contributed by atoms with Crippen LogP contribution in [0.1, 0.15) is 18.3 Å². The van der Waals surface area contributed by atoms with Crippen LogP contribution >= 0.6 is 0 Å². The lowest BCUT2D eigenvalue weighted by atomic mass is 10.3. The minimum Gasteiger partial charge on any atom is -0.347 e. The van der Waals surface area contributed by atoms with Crippen molar-refractivity contribution in [2.45, 2.75) is 26.1 Å². The molecule has 0 radical (unpaired) electrons. The van der Waals surface area contributed by atoms with Crippen LogP contribution < -0.4 is 22.3 Å². The summed E-state index contributed by atoms with van der Waals surface area (Å²) in [6, 6.07) is 2.86. The molecule has 11 heteroatoms. The van der Waals surface area contributed by atoms with Crippen molar-refractivity contribution < 1.29 is 4.79 Å². The van der Waals surface area contributed by atoms with Crippen molar-refractivity contribution >= 4 is 17.1 Å². The second kappa shape index (κ2) is 7.41. The Balaban J connectivity index is 2.05. The van der Waals surface area contributed by atoms with Gasteiger partial charge >= 0.3 is 5.69 Å². The van der Waals surface area contributed by atoms with Gasteiger partial charge < -0.3 is 11.1 Å². The number of rotatable bonds is 5. The molecule has 0 fully saturated rings. The number of hydrogen-bond acceptors (Lipinski definition) is 8. The fourth-order valence-corrected chi connectivity index (χ4v) is 2.42. The highest BCUT2D eigenvalue weighted by molar-refractivity contribution is 5.80. The molecule has 1 amide bonds. The molecule has 0 spiro atoms. The third kappa shape index (κ3) is 3.72. The zero-order valence-corrected chi connectivity index (χ0v) is 14.8. The quantitative estimate of drug-likeness (QED) is 0.539. The maximum Gasteiger partial charge on any atom is 0.332 e. The normalized spacial score (nSPS) is 12.1. The Morgan fingerprint density at radius 1 is 1.33 bits per heavy atom. The highest BCUT2D eigenvalue weighted by Gasteiger charge is 2.16. The highest BCUT2D eigenvalue weighted by Crippen LogP contribution is 2.05. The average molecular weight is 370 g/mol. The number of carbonyl (C=O) groups is 1. The minimum atomic E-state index is -0.684. The maximum atomic E-state index is 12.5. The maximum absolute atomic E-state index is 12.5. The van der Waals surface area contributed by atoms with Crippen LogP contribution in [0.5, 0.6) is 0 Å². The molecule has 0 aliphatic heterocycles. The fourth-order valence-electron chi connectivity index (χ4n) is 2.42. The predicted octanol–water partition coefficient (Wildman–Crippen LogP) is -1.71. The van der Waals surface area contributed by atoms with Crippen LogP contribution in [0.4, 0.5) is 0 Å². The Hall–Kier alpha value is -3.47. The van der Waals surface area contributed by atoms with Crippen molar-refractivity contribution in [2.75, 3.05) is 0 Å². The number of hydrogen-bond donors (Lipinski definition) is 2. The molecule has 27 heavy (non-hydrogen) atoms. The molecule has 1 atom stereocenters. The van der Waals surface area contributed by atoms with Crippen molar-refractivity contribution in [3.63, 3.8) is 0 Å². The van der Waals surface area contributed by atoms with Gasteiger partial charge in [0.05, 0.1) is 19.1 Å². The molecule has 1 unspecified atom stereocenters. The Morgan fingerprint density at radius 2 is 2.11 bits per heavy atom. The first-order valence-electron chi connectivity index (χ1n) is 8.14. The third-order valence-electron chi connectivity index (χ3n) is 3.89. The van der Waals surface area contributed by atoms with E-state index in [-0.39, 0.29) is 36.0 Å². The lowest BCUT2D eigenvalue weighted by Crippen LogP contribution is -2.40. The summed E-state index contributed by atoms with van der Waals surface area (Å²) in [5.74, 6) is -0.242. The molecular weight excluding hydrogens is 352 g/mol. The Labute approximate surface area is 152 Å². The summed E-state index contributed by atoms with van der Waals surface area (Å²) >= 11 is 0. The number of aromatic nitrogens is 6. The van der Waals surface area contributed by atoms with E-state index in [4.69, 9.17) is 5.73 Å². The molecule has 140 valence electrons. The summed E-state index contributed by atoms with van der Waals surface area (Å²) in [5, 5.41) is 10.5. The van der Waals surface area contributed by atoms with E-state index in [0.717, 1.165) is 10.1 Å². The van der Waals surface area contributed by atoms with E-state index in [1.54, 1.807) is 31.5 Å². The van der Waals surface area contributed by atoms with Crippen molar-refractivity contribution in [2.24, 2.45) is 12.8 Å². The van der Waals surface area contributed by atoms with E-state index in [0.29, 0.717) is 0 Å². The van der Waals surface area contributed by atoms with Gasteiger partial charge in [0.15, 0.2) is 17.0 Å². The van der Waals surface area contributed by atoms with E-state index in [1.807, 2.05) is 0 Å². The molecule has 3 aromatic heterocycles. The van der Waals surface area contributed by atoms with E-state index in [1.165, 1.54) is 11.6 Å². The number of carbonyl (C=O) groups excluding carboxylic acids is 1. The van der Waals surface area contributed by atoms with Crippen molar-refractivity contribution in [3.05, 3.63) is 56.8 Å². The summed E-state index contributed by atoms with van der Waals surface area (Å²) in [7, 11) is 1.36. The van der Waals surface area contributed by atoms with Gasteiger partial charge in [0, 0.05) is 19.4 Å². The summed E-state index contributed by atoms with van der Waals surface area (Å²) in [6.45, 7) is 1.67. The number of pyridine rings is 1. The molecule has 0 aliphatic rings. The average Bonchev–Trinajstić information content (AvgIpc) is 2.68. The first-order valence-corrected chi connectivity index (χ1v) is 8.14. The molecule has 0 saturated heterocycles. The third-order valence-corrected chi connectivity index (χ3v) is 3.89. The molecule has 3 N–H and O–H groups in total. The predicted molar refractivity (Wildman–Crippen MR) is 95.7 cm³/mol. The molecule has 3 aromatic rings. The first kappa shape index (κ1) is 18.3. The number of nitrogens with two attached hydrogens (primary N) is 1. The van der Waals surface area contributed by atoms with Crippen LogP contribution in [-0.4, -0.2) is 41.2 Å². The highest BCUT2D eigenvalue weighted by atomic mass is 16.2. The van der Waals surface area contributed by atoms with E-state index in [2.05, 4.69) is 25.5 Å². The molecule has 3 heterocycles. The van der Waals surface area contributed by atoms with Crippen LogP contribution in [0.2, 0.25) is 0 Å². The number of nitrogens with one attached hydrogen (secondary N) is 1. The Morgan fingerprint density at radius 3 is 2.78 bits per heavy atom. The second-order valence-corrected chi connectivity index (χ2v) is 6.00. The lowest BCUT2D eigenvalue weighted by Gasteiger charge is -2.11. The van der Waals surface area contributed by atoms with E-state index >= 15 is 0 Å². The monoisotopic (exact) mass is 370 g/mol. The van der Waals surface area contributed by atoms with Crippen LogP contribution in [0.25, 0.3) is 11.2 Å². The van der Waals surface area contributed by atoms with Gasteiger partial charge in [-0.2, -0.15) is 0 Å². The van der Waals surface area contributed by atoms with Gasteiger partial charge in [-0.15, -0.1) is 10.2 Å². The van der Waals surface area contributed by atoms with E-state index in [9.17, 15) is 14.4 Å². The zero-order valence-electron chi connectivity index (χ0n) is 14.8. The summed E-state index contributed by atoms with van der Waals surface area (Å²) in [5.41, 5.74) is 5.16. The molecular formula is C16H18N8O3. The summed E-state index contributed by atoms with van der Waals surface area (Å²) < 4.78 is 2.26. The topological polar surface area (TPSA) is 151 Å². The van der Waals surface area contributed by atoms with Gasteiger partial charge in [0.2, 0.25) is 5.91 Å². The fraction of sp³-hybridized carbons (Fsp3) is 0.312. The Bertz CT molecular complexity index is 1100. The molecule has 0 aliphatic carbocycles. The largest absolute Gasteiger partial charge is 0.347 e. The van der Waals surface area contributed by atoms with Crippen molar-refractivity contribution in [3.8, 4) is 0 Å². The van der Waals surface area contributed by atoms with Gasteiger partial charge in [0.25, 0.3) is 5.56 Å². The van der Waals surface area contributed by atoms with Gasteiger partial charge in [-0.05, 0) is 18.6 Å². The van der Waals surface area contributed by atoms with Crippen LogP contribution in [0.3, 0.4) is 0 Å². The van der Waals surface area contributed by atoms with Crippen LogP contribution in [0.15, 0.2) is 34.1 Å². The standard InChI is InChI=1S/C16H18N8O3/c1-9(17)14(25)19-7-11-20-12-13(22-21-11)24(16(27)23(2)15(12)26)8-10-4-3-5-18-6-10/h3-6,9H,7-8,17H2,1-2H3,(H,19,25). The van der Waals surface area contributed by atoms with Gasteiger partial charge in [-0.3, -0.25) is 23.7 Å². The number of amides is 1. The molecule has 0 saturated carbocycles. The lowest BCUT2D eigenvalue weighted by molar-refractivity contribution is -0.122. The van der Waals surface area contributed by atoms with Crippen molar-refractivity contribution in [1.82, 2.24) is 34.6 Å². The van der Waals surface area contributed by atoms with Crippen LogP contribution in [0, 0.1) is 0 Å². The second-order valence-electron chi connectivity index (χ2n) is 6.00. The minimum absolute atomic E-state index is 0.0129. The Kier molecular flexibility index (Phi) is 5.03. The van der Waals surface area contributed by atoms with Crippen LogP contribution in [-0.2, 0) is 24.9 Å². The van der Waals surface area contributed by atoms with Gasteiger partial charge in [-0.25, -0.2) is 9.78 Å². The smallest absolute Gasteiger partial charge is 0.332 e. The first-order chi connectivity index (χ1) is 12.9. The SMILES string of the molecule is CC(N)C(=O)NCc1nnc2c(n1)c(=O)n(C)c(=O)n2Cc1cccnc1. The van der Waals surface area contributed by atoms with Gasteiger partial charge in [0.1, 0.15) is 0 Å². The molecule has 11 nitrogen and oxygen atoms in total. The van der Waals surface area contributed by atoms with Crippen molar-refractivity contribution in [1.29, 1.82) is 0 Å². The van der Waals surface area contributed by atoms with Gasteiger partial charge in [-0.1, -0.05) is 6.07 Å². The zero-order chi connectivity index (χ0) is 19.6. The summed E-state index contributed by atoms with van der Waals surface area (Å²) in [4.78, 5) is 44.7. The summed E-state index contributed by atoms with van der Waals surface area (Å²) in [6.07, 6.45) is 3.23. The van der Waals surface area contributed by atoms with E-state index < -0.39 is 17.3 Å². The molecule has 0 aromatic carbocycles.